The lowest BCUT2D eigenvalue weighted by Crippen LogP contribution is -2.15. The van der Waals surface area contributed by atoms with Crippen LogP contribution in [-0.4, -0.2) is 27.2 Å². The Hall–Kier alpha value is -1.46. The maximum atomic E-state index is 6.07. The third kappa shape index (κ3) is 1.98. The van der Waals surface area contributed by atoms with Crippen molar-refractivity contribution in [2.45, 2.75) is 5.92 Å². The summed E-state index contributed by atoms with van der Waals surface area (Å²) in [6.07, 6.45) is 0. The fraction of sp³-hybridized carbons (Fsp3) is 0.222. The number of H-pyrrole nitrogens is 1. The van der Waals surface area contributed by atoms with Crippen molar-refractivity contribution in [3.05, 3.63) is 40.7 Å². The number of hydrogen-bond acceptors (Lipinski definition) is 4. The van der Waals surface area contributed by atoms with Crippen LogP contribution >= 0.6 is 11.6 Å². The molecule has 6 heteroatoms. The minimum atomic E-state index is -0.113. The van der Waals surface area contributed by atoms with E-state index in [0.29, 0.717) is 17.4 Å². The Morgan fingerprint density at radius 1 is 1.40 bits per heavy atom. The van der Waals surface area contributed by atoms with Crippen LogP contribution in [0.2, 0.25) is 5.02 Å². The van der Waals surface area contributed by atoms with Crippen molar-refractivity contribution < 1.29 is 0 Å². The van der Waals surface area contributed by atoms with Gasteiger partial charge >= 0.3 is 0 Å². The van der Waals surface area contributed by atoms with E-state index in [1.54, 1.807) is 0 Å². The average Bonchev–Trinajstić information content (AvgIpc) is 2.75. The largest absolute Gasteiger partial charge is 0.329 e. The molecule has 0 radical (unpaired) electrons. The van der Waals surface area contributed by atoms with Crippen LogP contribution in [0, 0.1) is 0 Å². The Balaban J connectivity index is 2.40. The molecule has 0 aliphatic rings. The number of rotatable bonds is 3. The predicted molar refractivity (Wildman–Crippen MR) is 56.5 cm³/mol. The lowest BCUT2D eigenvalue weighted by molar-refractivity contribution is 0.753. The van der Waals surface area contributed by atoms with Crippen molar-refractivity contribution in [1.29, 1.82) is 0 Å². The quantitative estimate of drug-likeness (QED) is 0.812. The molecule has 0 bridgehead atoms. The van der Waals surface area contributed by atoms with Gasteiger partial charge in [0.1, 0.15) is 0 Å². The summed E-state index contributed by atoms with van der Waals surface area (Å²) in [7, 11) is 0. The molecular weight excluding hydrogens is 214 g/mol. The molecule has 5 nitrogen and oxygen atoms in total. The van der Waals surface area contributed by atoms with Crippen LogP contribution in [0.3, 0.4) is 0 Å². The molecule has 3 N–H and O–H groups in total. The first-order valence-corrected chi connectivity index (χ1v) is 4.88. The van der Waals surface area contributed by atoms with Crippen LogP contribution < -0.4 is 5.73 Å². The third-order valence-electron chi connectivity index (χ3n) is 2.19. The molecule has 15 heavy (non-hydrogen) atoms. The summed E-state index contributed by atoms with van der Waals surface area (Å²) >= 11 is 6.07. The molecule has 0 saturated heterocycles. The number of nitrogens with one attached hydrogen (secondary N) is 1. The lowest BCUT2D eigenvalue weighted by Gasteiger charge is -2.12. The molecule has 0 amide bonds. The summed E-state index contributed by atoms with van der Waals surface area (Å²) in [5, 5.41) is 14.4. The van der Waals surface area contributed by atoms with Gasteiger partial charge in [0, 0.05) is 11.6 Å². The molecule has 0 saturated carbocycles. The van der Waals surface area contributed by atoms with E-state index >= 15 is 0 Å². The molecule has 1 aromatic carbocycles. The zero-order valence-corrected chi connectivity index (χ0v) is 8.65. The average molecular weight is 224 g/mol. The molecule has 0 spiro atoms. The molecule has 78 valence electrons. The number of hydrogen-bond donors (Lipinski definition) is 2. The fourth-order valence-electron chi connectivity index (χ4n) is 1.45. The van der Waals surface area contributed by atoms with Crippen molar-refractivity contribution in [1.82, 2.24) is 20.6 Å². The van der Waals surface area contributed by atoms with Crippen LogP contribution in [0.15, 0.2) is 24.3 Å². The maximum Gasteiger partial charge on any atom is 0.183 e. The summed E-state index contributed by atoms with van der Waals surface area (Å²) in [4.78, 5) is 0. The van der Waals surface area contributed by atoms with Gasteiger partial charge in [-0.15, -0.1) is 10.2 Å². The SMILES string of the molecule is NCC(c1nn[nH]n1)c1ccccc1Cl. The van der Waals surface area contributed by atoms with E-state index < -0.39 is 0 Å². The predicted octanol–water partition coefficient (Wildman–Crippen LogP) is 0.944. The van der Waals surface area contributed by atoms with Gasteiger partial charge < -0.3 is 5.73 Å². The molecule has 2 rings (SSSR count). The summed E-state index contributed by atoms with van der Waals surface area (Å²) < 4.78 is 0. The Bertz CT molecular complexity index is 428. The second kappa shape index (κ2) is 4.37. The number of tetrazole rings is 1. The van der Waals surface area contributed by atoms with E-state index in [1.165, 1.54) is 0 Å². The molecule has 1 heterocycles. The van der Waals surface area contributed by atoms with E-state index in [-0.39, 0.29) is 5.92 Å². The number of benzene rings is 1. The Labute approximate surface area is 91.6 Å². The third-order valence-corrected chi connectivity index (χ3v) is 2.53. The highest BCUT2D eigenvalue weighted by atomic mass is 35.5. The molecule has 1 atom stereocenters. The van der Waals surface area contributed by atoms with Crippen molar-refractivity contribution in [3.63, 3.8) is 0 Å². The van der Waals surface area contributed by atoms with Gasteiger partial charge in [-0.1, -0.05) is 35.0 Å². The van der Waals surface area contributed by atoms with Crippen molar-refractivity contribution in [2.24, 2.45) is 5.73 Å². The van der Waals surface area contributed by atoms with Gasteiger partial charge in [0.2, 0.25) is 0 Å². The smallest absolute Gasteiger partial charge is 0.183 e. The number of halogens is 1. The molecule has 2 aromatic rings. The molecule has 0 aliphatic heterocycles. The minimum Gasteiger partial charge on any atom is -0.329 e. The van der Waals surface area contributed by atoms with Crippen LogP contribution in [0.1, 0.15) is 17.3 Å². The van der Waals surface area contributed by atoms with Crippen LogP contribution in [0.25, 0.3) is 0 Å². The summed E-state index contributed by atoms with van der Waals surface area (Å²) in [5.41, 5.74) is 6.60. The standard InChI is InChI=1S/C9H10ClN5/c10-8-4-2-1-3-6(8)7(5-11)9-12-14-15-13-9/h1-4,7H,5,11H2,(H,12,13,14,15). The highest BCUT2D eigenvalue weighted by molar-refractivity contribution is 6.31. The minimum absolute atomic E-state index is 0.113. The van der Waals surface area contributed by atoms with Crippen LogP contribution in [0.5, 0.6) is 0 Å². The monoisotopic (exact) mass is 223 g/mol. The topological polar surface area (TPSA) is 80.5 Å². The highest BCUT2D eigenvalue weighted by Crippen LogP contribution is 2.26. The van der Waals surface area contributed by atoms with E-state index in [0.717, 1.165) is 5.56 Å². The van der Waals surface area contributed by atoms with Gasteiger partial charge in [0.15, 0.2) is 5.82 Å². The number of aromatic nitrogens is 4. The lowest BCUT2D eigenvalue weighted by atomic mass is 9.99. The molecule has 1 aromatic heterocycles. The second-order valence-electron chi connectivity index (χ2n) is 3.08. The first-order chi connectivity index (χ1) is 7.33. The second-order valence-corrected chi connectivity index (χ2v) is 3.49. The maximum absolute atomic E-state index is 6.07. The zero-order chi connectivity index (χ0) is 10.7. The molecule has 0 fully saturated rings. The van der Waals surface area contributed by atoms with Gasteiger partial charge in [0.25, 0.3) is 0 Å². The van der Waals surface area contributed by atoms with Crippen molar-refractivity contribution >= 4 is 11.6 Å². The fourth-order valence-corrected chi connectivity index (χ4v) is 1.71. The first-order valence-electron chi connectivity index (χ1n) is 4.50. The van der Waals surface area contributed by atoms with Gasteiger partial charge in [-0.05, 0) is 11.6 Å². The summed E-state index contributed by atoms with van der Waals surface area (Å²) in [5.74, 6) is 0.447. The van der Waals surface area contributed by atoms with E-state index in [9.17, 15) is 0 Å². The highest BCUT2D eigenvalue weighted by Gasteiger charge is 2.18. The van der Waals surface area contributed by atoms with E-state index in [4.69, 9.17) is 17.3 Å². The van der Waals surface area contributed by atoms with Crippen molar-refractivity contribution in [2.75, 3.05) is 6.54 Å². The van der Waals surface area contributed by atoms with Gasteiger partial charge in [-0.25, -0.2) is 0 Å². The van der Waals surface area contributed by atoms with E-state index in [1.807, 2.05) is 24.3 Å². The Morgan fingerprint density at radius 2 is 2.20 bits per heavy atom. The van der Waals surface area contributed by atoms with Crippen molar-refractivity contribution in [3.8, 4) is 0 Å². The van der Waals surface area contributed by atoms with Gasteiger partial charge in [-0.3, -0.25) is 0 Å². The number of nitrogens with two attached hydrogens (primary N) is 1. The van der Waals surface area contributed by atoms with Gasteiger partial charge in [-0.2, -0.15) is 5.21 Å². The van der Waals surface area contributed by atoms with Crippen LogP contribution in [0.4, 0.5) is 0 Å². The number of aromatic amines is 1. The molecule has 1 unspecified atom stereocenters. The normalized spacial score (nSPS) is 12.7. The van der Waals surface area contributed by atoms with E-state index in [2.05, 4.69) is 20.6 Å². The Kier molecular flexibility index (Phi) is 2.94. The number of nitrogens with zero attached hydrogens (tertiary/aromatic N) is 3. The molecule has 0 aliphatic carbocycles. The van der Waals surface area contributed by atoms with Gasteiger partial charge in [0.05, 0.1) is 5.92 Å². The van der Waals surface area contributed by atoms with Crippen LogP contribution in [-0.2, 0) is 0 Å². The molecular formula is C9H10ClN5. The zero-order valence-electron chi connectivity index (χ0n) is 7.89. The Morgan fingerprint density at radius 3 is 2.80 bits per heavy atom. The first kappa shape index (κ1) is 10.1. The summed E-state index contributed by atoms with van der Waals surface area (Å²) in [6, 6.07) is 7.51. The summed E-state index contributed by atoms with van der Waals surface area (Å²) in [6.45, 7) is 0.392.